The van der Waals surface area contributed by atoms with Gasteiger partial charge in [-0.05, 0) is 29.8 Å². The lowest BCUT2D eigenvalue weighted by Crippen LogP contribution is -2.34. The van der Waals surface area contributed by atoms with Gasteiger partial charge in [-0.1, -0.05) is 18.2 Å². The van der Waals surface area contributed by atoms with Gasteiger partial charge in [-0.3, -0.25) is 4.90 Å². The minimum absolute atomic E-state index is 0.148. The van der Waals surface area contributed by atoms with Gasteiger partial charge in [0, 0.05) is 32.3 Å². The zero-order chi connectivity index (χ0) is 22.2. The third kappa shape index (κ3) is 3.77. The van der Waals surface area contributed by atoms with Crippen LogP contribution in [0.3, 0.4) is 0 Å². The van der Waals surface area contributed by atoms with Crippen LogP contribution in [0.25, 0.3) is 5.69 Å². The fourth-order valence-electron chi connectivity index (χ4n) is 3.90. The predicted molar refractivity (Wildman–Crippen MR) is 107 cm³/mol. The van der Waals surface area contributed by atoms with Crippen molar-refractivity contribution in [3.8, 4) is 5.69 Å². The summed E-state index contributed by atoms with van der Waals surface area (Å²) in [7, 11) is 0. The van der Waals surface area contributed by atoms with Gasteiger partial charge in [0.15, 0.2) is 23.3 Å². The molecule has 0 bridgehead atoms. The maximum Gasteiger partial charge on any atom is 0.162 e. The van der Waals surface area contributed by atoms with Gasteiger partial charge in [-0.25, -0.2) is 22.2 Å². The van der Waals surface area contributed by atoms with Crippen LogP contribution in [0.2, 0.25) is 0 Å². The Morgan fingerprint density at radius 1 is 0.844 bits per heavy atom. The van der Waals surface area contributed by atoms with Crippen LogP contribution in [0, 0.1) is 23.3 Å². The molecule has 0 saturated carbocycles. The highest BCUT2D eigenvalue weighted by Gasteiger charge is 2.23. The van der Waals surface area contributed by atoms with Crippen molar-refractivity contribution in [3.63, 3.8) is 0 Å². The molecule has 4 aromatic rings. The first-order chi connectivity index (χ1) is 15.5. The molecule has 0 fully saturated rings. The number of nitrogens with zero attached hydrogens (tertiary/aromatic N) is 6. The molecule has 2 aromatic heterocycles. The summed E-state index contributed by atoms with van der Waals surface area (Å²) in [6.07, 6.45) is 1.67. The molecule has 10 heteroatoms. The molecule has 0 N–H and O–H groups in total. The smallest absolute Gasteiger partial charge is 0.162 e. The highest BCUT2D eigenvalue weighted by atomic mass is 19.2. The maximum atomic E-state index is 14.0. The Labute approximate surface area is 180 Å². The number of hydrogen-bond donors (Lipinski definition) is 0. The number of rotatable bonds is 5. The summed E-state index contributed by atoms with van der Waals surface area (Å²) in [5.41, 5.74) is 0.669. The van der Waals surface area contributed by atoms with Crippen LogP contribution in [0.5, 0.6) is 0 Å². The van der Waals surface area contributed by atoms with Crippen LogP contribution in [0.1, 0.15) is 22.9 Å². The van der Waals surface area contributed by atoms with Crippen molar-refractivity contribution in [2.75, 3.05) is 6.54 Å². The van der Waals surface area contributed by atoms with Gasteiger partial charge in [-0.15, -0.1) is 10.2 Å². The lowest BCUT2D eigenvalue weighted by atomic mass is 10.1. The lowest BCUT2D eigenvalue weighted by Gasteiger charge is -2.27. The summed E-state index contributed by atoms with van der Waals surface area (Å²) < 4.78 is 58.6. The van der Waals surface area contributed by atoms with E-state index in [0.29, 0.717) is 43.5 Å². The van der Waals surface area contributed by atoms with Crippen LogP contribution in [-0.2, 0) is 26.1 Å². The second kappa shape index (κ2) is 8.19. The summed E-state index contributed by atoms with van der Waals surface area (Å²) in [5, 5.41) is 12.7. The minimum atomic E-state index is -0.887. The average molecular weight is 442 g/mol. The average Bonchev–Trinajstić information content (AvgIpc) is 3.38. The molecular formula is C22H18F4N6. The van der Waals surface area contributed by atoms with Crippen LogP contribution >= 0.6 is 0 Å². The van der Waals surface area contributed by atoms with Gasteiger partial charge < -0.3 is 4.57 Å². The van der Waals surface area contributed by atoms with E-state index in [-0.39, 0.29) is 17.7 Å². The molecular weight excluding hydrogens is 424 g/mol. The molecule has 0 atom stereocenters. The fraction of sp³-hybridized carbons (Fsp3) is 0.227. The van der Waals surface area contributed by atoms with E-state index < -0.39 is 23.3 Å². The Hall–Kier alpha value is -3.53. The summed E-state index contributed by atoms with van der Waals surface area (Å²) in [4.78, 5) is 2.08. The second-order valence-electron chi connectivity index (χ2n) is 7.61. The second-order valence-corrected chi connectivity index (χ2v) is 7.61. The van der Waals surface area contributed by atoms with Crippen LogP contribution in [0.4, 0.5) is 17.6 Å². The first kappa shape index (κ1) is 20.4. The Kier molecular flexibility index (Phi) is 5.22. The molecule has 0 aliphatic carbocycles. The summed E-state index contributed by atoms with van der Waals surface area (Å²) in [5.74, 6) is -1.85. The molecule has 1 aliphatic rings. The van der Waals surface area contributed by atoms with Crippen molar-refractivity contribution < 1.29 is 17.6 Å². The van der Waals surface area contributed by atoms with Crippen LogP contribution in [-0.4, -0.2) is 36.0 Å². The van der Waals surface area contributed by atoms with Gasteiger partial charge in [0.25, 0.3) is 0 Å². The lowest BCUT2D eigenvalue weighted by molar-refractivity contribution is 0.205. The summed E-state index contributed by atoms with van der Waals surface area (Å²) >= 11 is 0. The molecule has 0 amide bonds. The van der Waals surface area contributed by atoms with Crippen molar-refractivity contribution in [1.82, 2.24) is 29.4 Å². The monoisotopic (exact) mass is 442 g/mol. The van der Waals surface area contributed by atoms with Gasteiger partial charge in [-0.2, -0.15) is 5.10 Å². The maximum absolute atomic E-state index is 14.0. The summed E-state index contributed by atoms with van der Waals surface area (Å²) in [6, 6.07) is 9.47. The number of benzene rings is 2. The number of fused-ring (bicyclic) bond motifs is 1. The molecule has 5 rings (SSSR count). The van der Waals surface area contributed by atoms with E-state index in [9.17, 15) is 17.6 Å². The summed E-state index contributed by atoms with van der Waals surface area (Å²) in [6.45, 7) is 2.19. The minimum Gasteiger partial charge on any atom is -0.312 e. The van der Waals surface area contributed by atoms with Gasteiger partial charge >= 0.3 is 0 Å². The number of aromatic nitrogens is 5. The first-order valence-electron chi connectivity index (χ1n) is 10.0. The van der Waals surface area contributed by atoms with Gasteiger partial charge in [0.2, 0.25) is 0 Å². The van der Waals surface area contributed by atoms with Crippen LogP contribution < -0.4 is 0 Å². The van der Waals surface area contributed by atoms with Crippen molar-refractivity contribution in [1.29, 1.82) is 0 Å². The van der Waals surface area contributed by atoms with Crippen molar-refractivity contribution in [2.24, 2.45) is 0 Å². The molecule has 164 valence electrons. The van der Waals surface area contributed by atoms with E-state index in [2.05, 4.69) is 20.2 Å². The largest absolute Gasteiger partial charge is 0.312 e. The Balaban J connectivity index is 1.29. The predicted octanol–water partition coefficient (Wildman–Crippen LogP) is 3.63. The number of hydrogen-bond acceptors (Lipinski definition) is 4. The van der Waals surface area contributed by atoms with E-state index >= 15 is 0 Å². The Bertz CT molecular complexity index is 1260. The third-order valence-corrected chi connectivity index (χ3v) is 5.49. The molecule has 2 aromatic carbocycles. The molecule has 0 radical (unpaired) electrons. The quantitative estimate of drug-likeness (QED) is 0.443. The molecule has 3 heterocycles. The molecule has 0 unspecified atom stereocenters. The third-order valence-electron chi connectivity index (χ3n) is 5.49. The normalized spacial score (nSPS) is 14.0. The van der Waals surface area contributed by atoms with E-state index in [4.69, 9.17) is 0 Å². The molecule has 6 nitrogen and oxygen atoms in total. The Morgan fingerprint density at radius 3 is 2.41 bits per heavy atom. The zero-order valence-electron chi connectivity index (χ0n) is 16.8. The van der Waals surface area contributed by atoms with Crippen molar-refractivity contribution >= 4 is 0 Å². The van der Waals surface area contributed by atoms with Gasteiger partial charge in [0.05, 0.1) is 12.2 Å². The van der Waals surface area contributed by atoms with Crippen molar-refractivity contribution in [3.05, 3.63) is 94.8 Å². The highest BCUT2D eigenvalue weighted by Crippen LogP contribution is 2.21. The standard InChI is InChI=1S/C22H18F4N6/c23-16-4-1-3-14(21(16)26)11-19-27-28-20-13-30(9-10-31(19)20)12-15-7-8-32(29-15)22-17(24)5-2-6-18(22)25/h1-8H,9-13H2. The van der Waals surface area contributed by atoms with Gasteiger partial charge in [0.1, 0.15) is 17.3 Å². The first-order valence-corrected chi connectivity index (χ1v) is 10.0. The van der Waals surface area contributed by atoms with Crippen molar-refractivity contribution in [2.45, 2.75) is 26.1 Å². The molecule has 0 saturated heterocycles. The van der Waals surface area contributed by atoms with Crippen LogP contribution in [0.15, 0.2) is 48.7 Å². The molecule has 32 heavy (non-hydrogen) atoms. The number of halogens is 4. The molecule has 1 aliphatic heterocycles. The number of para-hydroxylation sites is 1. The van der Waals surface area contributed by atoms with E-state index in [1.807, 2.05) is 4.57 Å². The Morgan fingerprint density at radius 2 is 1.59 bits per heavy atom. The van der Waals surface area contributed by atoms with E-state index in [1.54, 1.807) is 6.07 Å². The topological polar surface area (TPSA) is 51.8 Å². The zero-order valence-corrected chi connectivity index (χ0v) is 16.8. The fourth-order valence-corrected chi connectivity index (χ4v) is 3.90. The van der Waals surface area contributed by atoms with E-state index in [0.717, 1.165) is 6.07 Å². The van der Waals surface area contributed by atoms with E-state index in [1.165, 1.54) is 41.2 Å². The SMILES string of the molecule is Fc1cccc(Cc2nnc3n2CCN(Cc2ccn(-c4c(F)cccc4F)n2)C3)c1F. The highest BCUT2D eigenvalue weighted by molar-refractivity contribution is 5.34. The molecule has 0 spiro atoms.